The fourth-order valence-corrected chi connectivity index (χ4v) is 2.50. The lowest BCUT2D eigenvalue weighted by Gasteiger charge is -2.18. The molecule has 120 valence electrons. The standard InChI is InChI=1S/C14H22O7/c1-3-5-9-11(20-13(15)18-9)7-17-8-12-10(6-4-2)19-14(16)21-12/h9-12H,3-8H2,1-2H3. The van der Waals surface area contributed by atoms with E-state index in [0.29, 0.717) is 0 Å². The second kappa shape index (κ2) is 7.49. The maximum Gasteiger partial charge on any atom is 0.509 e. The molecule has 0 aromatic heterocycles. The van der Waals surface area contributed by atoms with E-state index in [1.165, 1.54) is 0 Å². The van der Waals surface area contributed by atoms with E-state index >= 15 is 0 Å². The van der Waals surface area contributed by atoms with Crippen LogP contribution < -0.4 is 0 Å². The summed E-state index contributed by atoms with van der Waals surface area (Å²) in [6, 6.07) is 0. The van der Waals surface area contributed by atoms with Crippen molar-refractivity contribution < 1.29 is 33.3 Å². The first-order valence-electron chi connectivity index (χ1n) is 7.46. The highest BCUT2D eigenvalue weighted by Crippen LogP contribution is 2.22. The molecule has 2 heterocycles. The second-order valence-electron chi connectivity index (χ2n) is 5.24. The monoisotopic (exact) mass is 302 g/mol. The van der Waals surface area contributed by atoms with Crippen molar-refractivity contribution in [3.63, 3.8) is 0 Å². The van der Waals surface area contributed by atoms with Crippen molar-refractivity contribution in [3.05, 3.63) is 0 Å². The van der Waals surface area contributed by atoms with Gasteiger partial charge in [0.15, 0.2) is 12.2 Å². The summed E-state index contributed by atoms with van der Waals surface area (Å²) in [5.41, 5.74) is 0. The number of ether oxygens (including phenoxy) is 5. The van der Waals surface area contributed by atoms with Gasteiger partial charge in [-0.15, -0.1) is 0 Å². The van der Waals surface area contributed by atoms with Crippen molar-refractivity contribution in [3.8, 4) is 0 Å². The SMILES string of the molecule is CCCC1OC(=O)OC1COCC1OC(=O)OC1CCC. The zero-order valence-electron chi connectivity index (χ0n) is 12.4. The Morgan fingerprint density at radius 3 is 1.52 bits per heavy atom. The largest absolute Gasteiger partial charge is 0.509 e. The summed E-state index contributed by atoms with van der Waals surface area (Å²) in [6.07, 6.45) is 0.616. The zero-order valence-corrected chi connectivity index (χ0v) is 12.4. The highest BCUT2D eigenvalue weighted by Gasteiger charge is 2.38. The topological polar surface area (TPSA) is 80.3 Å². The van der Waals surface area contributed by atoms with Crippen molar-refractivity contribution in [2.45, 2.75) is 63.9 Å². The van der Waals surface area contributed by atoms with Crippen LogP contribution in [0.5, 0.6) is 0 Å². The lowest BCUT2D eigenvalue weighted by Crippen LogP contribution is -2.32. The quantitative estimate of drug-likeness (QED) is 0.637. The van der Waals surface area contributed by atoms with Crippen molar-refractivity contribution in [1.29, 1.82) is 0 Å². The Labute approximate surface area is 123 Å². The summed E-state index contributed by atoms with van der Waals surface area (Å²) in [5.74, 6) is 0. The van der Waals surface area contributed by atoms with E-state index in [9.17, 15) is 9.59 Å². The average Bonchev–Trinajstić information content (AvgIpc) is 2.94. The zero-order chi connectivity index (χ0) is 15.2. The molecule has 2 fully saturated rings. The van der Waals surface area contributed by atoms with Crippen LogP contribution in [-0.2, 0) is 23.7 Å². The molecule has 4 atom stereocenters. The van der Waals surface area contributed by atoms with Crippen LogP contribution in [0, 0.1) is 0 Å². The van der Waals surface area contributed by atoms with E-state index in [0.717, 1.165) is 25.7 Å². The lowest BCUT2D eigenvalue weighted by atomic mass is 10.1. The number of hydrogen-bond donors (Lipinski definition) is 0. The van der Waals surface area contributed by atoms with Crippen LogP contribution in [0.15, 0.2) is 0 Å². The third-order valence-electron chi connectivity index (χ3n) is 3.53. The van der Waals surface area contributed by atoms with Crippen LogP contribution in [-0.4, -0.2) is 49.9 Å². The molecule has 0 radical (unpaired) electrons. The third kappa shape index (κ3) is 4.23. The van der Waals surface area contributed by atoms with Crippen molar-refractivity contribution in [2.24, 2.45) is 0 Å². The van der Waals surface area contributed by atoms with Gasteiger partial charge in [0.25, 0.3) is 0 Å². The highest BCUT2D eigenvalue weighted by atomic mass is 16.8. The Kier molecular flexibility index (Phi) is 5.67. The van der Waals surface area contributed by atoms with E-state index in [-0.39, 0.29) is 25.4 Å². The molecule has 0 N–H and O–H groups in total. The van der Waals surface area contributed by atoms with Crippen molar-refractivity contribution >= 4 is 12.3 Å². The minimum atomic E-state index is -0.651. The Hall–Kier alpha value is -1.50. The van der Waals surface area contributed by atoms with E-state index < -0.39 is 24.5 Å². The summed E-state index contributed by atoms with van der Waals surface area (Å²) < 4.78 is 25.8. The number of hydrogen-bond acceptors (Lipinski definition) is 7. The predicted molar refractivity (Wildman–Crippen MR) is 70.9 cm³/mol. The van der Waals surface area contributed by atoms with Crippen LogP contribution in [0.3, 0.4) is 0 Å². The minimum absolute atomic E-state index is 0.225. The Balaban J connectivity index is 1.75. The molecule has 0 amide bonds. The molecule has 21 heavy (non-hydrogen) atoms. The molecule has 2 rings (SSSR count). The first kappa shape index (κ1) is 15.9. The van der Waals surface area contributed by atoms with E-state index in [4.69, 9.17) is 23.7 Å². The highest BCUT2D eigenvalue weighted by molar-refractivity contribution is 5.63. The molecule has 0 aromatic rings. The first-order chi connectivity index (χ1) is 10.1. The molecule has 0 aliphatic carbocycles. The molecular formula is C14H22O7. The van der Waals surface area contributed by atoms with Crippen LogP contribution in [0.2, 0.25) is 0 Å². The summed E-state index contributed by atoms with van der Waals surface area (Å²) in [4.78, 5) is 22.3. The summed E-state index contributed by atoms with van der Waals surface area (Å²) in [7, 11) is 0. The molecule has 7 heteroatoms. The Morgan fingerprint density at radius 2 is 1.14 bits per heavy atom. The molecule has 0 saturated carbocycles. The van der Waals surface area contributed by atoms with Crippen molar-refractivity contribution in [2.75, 3.05) is 13.2 Å². The van der Waals surface area contributed by atoms with Gasteiger partial charge in [-0.2, -0.15) is 0 Å². The molecule has 2 saturated heterocycles. The third-order valence-corrected chi connectivity index (χ3v) is 3.53. The number of carbonyl (C=O) groups is 2. The van der Waals surface area contributed by atoms with Gasteiger partial charge in [-0.25, -0.2) is 9.59 Å². The van der Waals surface area contributed by atoms with E-state index in [1.54, 1.807) is 0 Å². The van der Waals surface area contributed by atoms with Gasteiger partial charge in [-0.3, -0.25) is 0 Å². The molecule has 0 aromatic carbocycles. The molecule has 0 spiro atoms. The fraction of sp³-hybridized carbons (Fsp3) is 0.857. The summed E-state index contributed by atoms with van der Waals surface area (Å²) >= 11 is 0. The maximum absolute atomic E-state index is 11.1. The molecule has 7 nitrogen and oxygen atoms in total. The molecular weight excluding hydrogens is 280 g/mol. The van der Waals surface area contributed by atoms with Gasteiger partial charge < -0.3 is 23.7 Å². The minimum Gasteiger partial charge on any atom is -0.427 e. The maximum atomic E-state index is 11.1. The Bertz CT molecular complexity index is 336. The van der Waals surface area contributed by atoms with Crippen LogP contribution >= 0.6 is 0 Å². The molecule has 4 unspecified atom stereocenters. The first-order valence-corrected chi connectivity index (χ1v) is 7.46. The van der Waals surface area contributed by atoms with Crippen molar-refractivity contribution in [1.82, 2.24) is 0 Å². The fourth-order valence-electron chi connectivity index (χ4n) is 2.50. The molecule has 2 aliphatic rings. The van der Waals surface area contributed by atoms with Gasteiger partial charge in [-0.05, 0) is 12.8 Å². The van der Waals surface area contributed by atoms with E-state index in [1.807, 2.05) is 13.8 Å². The van der Waals surface area contributed by atoms with E-state index in [2.05, 4.69) is 0 Å². The smallest absolute Gasteiger partial charge is 0.427 e. The Morgan fingerprint density at radius 1 is 0.762 bits per heavy atom. The number of cyclic esters (lactones) is 4. The van der Waals surface area contributed by atoms with Gasteiger partial charge in [0, 0.05) is 0 Å². The lowest BCUT2D eigenvalue weighted by molar-refractivity contribution is -0.0138. The normalized spacial score (nSPS) is 31.5. The van der Waals surface area contributed by atoms with Gasteiger partial charge >= 0.3 is 12.3 Å². The van der Waals surface area contributed by atoms with Crippen LogP contribution in [0.4, 0.5) is 9.59 Å². The van der Waals surface area contributed by atoms with Gasteiger partial charge in [-0.1, -0.05) is 26.7 Å². The van der Waals surface area contributed by atoms with Gasteiger partial charge in [0.2, 0.25) is 0 Å². The van der Waals surface area contributed by atoms with Crippen LogP contribution in [0.25, 0.3) is 0 Å². The number of rotatable bonds is 8. The summed E-state index contributed by atoms with van der Waals surface area (Å²) in [5, 5.41) is 0. The number of carbonyl (C=O) groups excluding carboxylic acids is 2. The van der Waals surface area contributed by atoms with Gasteiger partial charge in [0.1, 0.15) is 12.2 Å². The molecule has 0 bridgehead atoms. The van der Waals surface area contributed by atoms with Gasteiger partial charge in [0.05, 0.1) is 13.2 Å². The predicted octanol–water partition coefficient (Wildman–Crippen LogP) is 2.41. The second-order valence-corrected chi connectivity index (χ2v) is 5.24. The van der Waals surface area contributed by atoms with Crippen LogP contribution in [0.1, 0.15) is 39.5 Å². The average molecular weight is 302 g/mol. The summed E-state index contributed by atoms with van der Waals surface area (Å²) in [6.45, 7) is 4.47. The molecule has 2 aliphatic heterocycles.